The van der Waals surface area contributed by atoms with Crippen LogP contribution in [0.25, 0.3) is 0 Å². The summed E-state index contributed by atoms with van der Waals surface area (Å²) in [7, 11) is 1.49. The van der Waals surface area contributed by atoms with Gasteiger partial charge in [-0.25, -0.2) is 4.98 Å². The second-order valence-electron chi connectivity index (χ2n) is 4.03. The van der Waals surface area contributed by atoms with Crippen molar-refractivity contribution in [1.29, 1.82) is 0 Å². The number of anilines is 1. The summed E-state index contributed by atoms with van der Waals surface area (Å²) in [5.74, 6) is -2.69. The molecule has 0 unspecified atom stereocenters. The van der Waals surface area contributed by atoms with Gasteiger partial charge in [-0.1, -0.05) is 11.6 Å². The zero-order valence-corrected chi connectivity index (χ0v) is 12.9. The summed E-state index contributed by atoms with van der Waals surface area (Å²) in [6, 6.07) is 7.65. The fourth-order valence-electron chi connectivity index (χ4n) is 1.66. The summed E-state index contributed by atoms with van der Waals surface area (Å²) in [5.41, 5.74) is 0.406. The van der Waals surface area contributed by atoms with Gasteiger partial charge in [-0.3, -0.25) is 4.79 Å². The molecule has 2 rings (SSSR count). The summed E-state index contributed by atoms with van der Waals surface area (Å²) in [4.78, 5) is 16.0. The first-order valence-electron chi connectivity index (χ1n) is 6.06. The van der Waals surface area contributed by atoms with Gasteiger partial charge in [0.15, 0.2) is 0 Å². The van der Waals surface area contributed by atoms with Gasteiger partial charge in [0, 0.05) is 12.3 Å². The molecule has 4 nitrogen and oxygen atoms in total. The van der Waals surface area contributed by atoms with Gasteiger partial charge in [-0.2, -0.15) is 8.78 Å². The topological polar surface area (TPSA) is 51.2 Å². The zero-order valence-electron chi connectivity index (χ0n) is 11.3. The van der Waals surface area contributed by atoms with Crippen molar-refractivity contribution in [3.63, 3.8) is 0 Å². The smallest absolute Gasteiger partial charge is 0.290 e. The van der Waals surface area contributed by atoms with E-state index < -0.39 is 11.7 Å². The number of nitrogens with one attached hydrogen (secondary N) is 1. The Labute approximate surface area is 134 Å². The van der Waals surface area contributed by atoms with Crippen LogP contribution in [0, 0.1) is 0 Å². The number of hydrogen-bond donors (Lipinski definition) is 1. The Morgan fingerprint density at radius 1 is 1.41 bits per heavy atom. The monoisotopic (exact) mass is 344 g/mol. The molecule has 0 bridgehead atoms. The minimum atomic E-state index is -2.66. The van der Waals surface area contributed by atoms with Gasteiger partial charge in [0.05, 0.1) is 23.4 Å². The third-order valence-electron chi connectivity index (χ3n) is 2.64. The number of pyridine rings is 1. The van der Waals surface area contributed by atoms with Crippen LogP contribution in [0.1, 0.15) is 10.4 Å². The first-order chi connectivity index (χ1) is 10.5. The number of aromatic nitrogens is 1. The quantitative estimate of drug-likeness (QED) is 0.821. The van der Waals surface area contributed by atoms with E-state index in [2.05, 4.69) is 10.3 Å². The highest BCUT2D eigenvalue weighted by molar-refractivity contribution is 7.99. The molecule has 1 heterocycles. The number of alkyl halides is 2. The van der Waals surface area contributed by atoms with Crippen molar-refractivity contribution in [1.82, 2.24) is 4.98 Å². The van der Waals surface area contributed by atoms with E-state index in [1.54, 1.807) is 12.1 Å². The van der Waals surface area contributed by atoms with Crippen LogP contribution >= 0.6 is 23.4 Å². The fourth-order valence-corrected chi connectivity index (χ4v) is 2.45. The fraction of sp³-hybridized carbons (Fsp3) is 0.143. The maximum absolute atomic E-state index is 12.5. The van der Waals surface area contributed by atoms with Crippen LogP contribution < -0.4 is 10.1 Å². The Hall–Kier alpha value is -1.86. The first kappa shape index (κ1) is 16.5. The average Bonchev–Trinajstić information content (AvgIpc) is 2.49. The standard InChI is InChI=1S/C14H11ClF2N2O2S/c1-21-8-4-5-11(10(15)7-8)19-12(20)9-3-2-6-18-13(9)22-14(16)17/h2-7,14H,1H3,(H,19,20). The van der Waals surface area contributed by atoms with Gasteiger partial charge in [0.1, 0.15) is 10.8 Å². The first-order valence-corrected chi connectivity index (χ1v) is 7.31. The molecule has 0 spiro atoms. The van der Waals surface area contributed by atoms with Crippen molar-refractivity contribution in [3.8, 4) is 5.75 Å². The van der Waals surface area contributed by atoms with Gasteiger partial charge in [0.2, 0.25) is 0 Å². The molecule has 0 radical (unpaired) electrons. The molecule has 1 amide bonds. The van der Waals surface area contributed by atoms with Gasteiger partial charge in [-0.15, -0.1) is 0 Å². The lowest BCUT2D eigenvalue weighted by atomic mass is 10.2. The minimum Gasteiger partial charge on any atom is -0.497 e. The summed E-state index contributed by atoms with van der Waals surface area (Å²) >= 11 is 6.24. The highest BCUT2D eigenvalue weighted by Gasteiger charge is 2.17. The van der Waals surface area contributed by atoms with E-state index in [9.17, 15) is 13.6 Å². The van der Waals surface area contributed by atoms with Crippen molar-refractivity contribution >= 4 is 35.0 Å². The molecule has 2 aromatic rings. The zero-order chi connectivity index (χ0) is 16.1. The number of rotatable bonds is 5. The predicted octanol–water partition coefficient (Wildman–Crippen LogP) is 4.31. The molecule has 1 aromatic heterocycles. The Balaban J connectivity index is 2.22. The minimum absolute atomic E-state index is 0.0420. The number of methoxy groups -OCH3 is 1. The highest BCUT2D eigenvalue weighted by atomic mass is 35.5. The summed E-state index contributed by atoms with van der Waals surface area (Å²) in [6.07, 6.45) is 1.35. The Kier molecular flexibility index (Phi) is 5.57. The van der Waals surface area contributed by atoms with Crippen LogP contribution in [0.3, 0.4) is 0 Å². The van der Waals surface area contributed by atoms with Crippen molar-refractivity contribution in [2.75, 3.05) is 12.4 Å². The number of thioether (sulfide) groups is 1. The second kappa shape index (κ2) is 7.42. The molecule has 0 atom stereocenters. The number of carbonyl (C=O) groups excluding carboxylic acids is 1. The Morgan fingerprint density at radius 3 is 2.82 bits per heavy atom. The van der Waals surface area contributed by atoms with Gasteiger partial charge < -0.3 is 10.1 Å². The molecule has 0 aliphatic heterocycles. The van der Waals surface area contributed by atoms with Crippen molar-refractivity contribution in [2.24, 2.45) is 0 Å². The lowest BCUT2D eigenvalue weighted by molar-refractivity contribution is 0.102. The van der Waals surface area contributed by atoms with Crippen LogP contribution in [0.4, 0.5) is 14.5 Å². The van der Waals surface area contributed by atoms with E-state index in [0.29, 0.717) is 11.4 Å². The number of amides is 1. The lowest BCUT2D eigenvalue weighted by Gasteiger charge is -2.10. The van der Waals surface area contributed by atoms with Gasteiger partial charge in [0.25, 0.3) is 11.7 Å². The maximum atomic E-state index is 12.5. The van der Waals surface area contributed by atoms with Crippen molar-refractivity contribution in [3.05, 3.63) is 47.1 Å². The molecule has 116 valence electrons. The average molecular weight is 345 g/mol. The predicted molar refractivity (Wildman–Crippen MR) is 82.1 cm³/mol. The Bertz CT molecular complexity index is 686. The number of nitrogens with zero attached hydrogens (tertiary/aromatic N) is 1. The molecule has 1 aromatic carbocycles. The maximum Gasteiger partial charge on any atom is 0.290 e. The second-order valence-corrected chi connectivity index (χ2v) is 5.42. The van der Waals surface area contributed by atoms with E-state index in [4.69, 9.17) is 16.3 Å². The number of hydrogen-bond acceptors (Lipinski definition) is 4. The summed E-state index contributed by atoms with van der Waals surface area (Å²) in [5, 5.41) is 2.80. The SMILES string of the molecule is COc1ccc(NC(=O)c2cccnc2SC(F)F)c(Cl)c1. The molecule has 8 heteroatoms. The third-order valence-corrected chi connectivity index (χ3v) is 3.68. The molecular weight excluding hydrogens is 334 g/mol. The molecule has 22 heavy (non-hydrogen) atoms. The molecule has 0 aliphatic rings. The molecule has 0 saturated heterocycles. The molecule has 0 fully saturated rings. The van der Waals surface area contributed by atoms with Gasteiger partial charge >= 0.3 is 0 Å². The van der Waals surface area contributed by atoms with Crippen LogP contribution in [0.15, 0.2) is 41.6 Å². The van der Waals surface area contributed by atoms with Crippen LogP contribution in [0.2, 0.25) is 5.02 Å². The number of benzene rings is 1. The lowest BCUT2D eigenvalue weighted by Crippen LogP contribution is -2.14. The molecular formula is C14H11ClF2N2O2S. The van der Waals surface area contributed by atoms with E-state index in [1.165, 1.54) is 31.5 Å². The van der Waals surface area contributed by atoms with Gasteiger partial charge in [-0.05, 0) is 36.0 Å². The van der Waals surface area contributed by atoms with Crippen LogP contribution in [-0.2, 0) is 0 Å². The van der Waals surface area contributed by atoms with Crippen LogP contribution in [0.5, 0.6) is 5.75 Å². The third kappa shape index (κ3) is 4.08. The van der Waals surface area contributed by atoms with E-state index in [1.807, 2.05) is 0 Å². The van der Waals surface area contributed by atoms with E-state index >= 15 is 0 Å². The summed E-state index contributed by atoms with van der Waals surface area (Å²) in [6.45, 7) is 0. The normalized spacial score (nSPS) is 10.6. The largest absolute Gasteiger partial charge is 0.497 e. The van der Waals surface area contributed by atoms with Crippen molar-refractivity contribution in [2.45, 2.75) is 10.8 Å². The number of carbonyl (C=O) groups is 1. The highest BCUT2D eigenvalue weighted by Crippen LogP contribution is 2.29. The summed E-state index contributed by atoms with van der Waals surface area (Å²) < 4.78 is 30.0. The molecule has 1 N–H and O–H groups in total. The van der Waals surface area contributed by atoms with Crippen LogP contribution in [-0.4, -0.2) is 23.8 Å². The molecule has 0 saturated carbocycles. The number of halogens is 3. The van der Waals surface area contributed by atoms with E-state index in [-0.39, 0.29) is 27.4 Å². The van der Waals surface area contributed by atoms with E-state index in [0.717, 1.165) is 0 Å². The molecule has 0 aliphatic carbocycles. The Morgan fingerprint density at radius 2 is 2.18 bits per heavy atom. The van der Waals surface area contributed by atoms with Crippen molar-refractivity contribution < 1.29 is 18.3 Å². The number of ether oxygens (including phenoxy) is 1.